The maximum absolute atomic E-state index is 13.2. The largest absolute Gasteiger partial charge is 0.493 e. The Morgan fingerprint density at radius 3 is 2.86 bits per heavy atom. The number of amides is 2. The summed E-state index contributed by atoms with van der Waals surface area (Å²) in [6, 6.07) is 5.38. The van der Waals surface area contributed by atoms with Gasteiger partial charge in [-0.3, -0.25) is 9.59 Å². The Morgan fingerprint density at radius 1 is 1.28 bits per heavy atom. The minimum atomic E-state index is -0.482. The first kappa shape index (κ1) is 19.7. The van der Waals surface area contributed by atoms with Crippen LogP contribution in [0.25, 0.3) is 0 Å². The first-order valence-electron chi connectivity index (χ1n) is 9.63. The summed E-state index contributed by atoms with van der Waals surface area (Å²) in [5.41, 5.74) is 2.05. The highest BCUT2D eigenvalue weighted by molar-refractivity contribution is 7.10. The molecule has 0 saturated carbocycles. The van der Waals surface area contributed by atoms with Gasteiger partial charge in [-0.05, 0) is 48.4 Å². The second-order valence-electron chi connectivity index (χ2n) is 7.10. The molecule has 4 rings (SSSR count). The topological polar surface area (TPSA) is 77.1 Å². The van der Waals surface area contributed by atoms with Gasteiger partial charge in [0, 0.05) is 30.1 Å². The fraction of sp³-hybridized carbons (Fsp3) is 0.429. The SMILES string of the molecule is COc1cc(C(=O)N2CCc3sccc3C2)cc(NC(=O)[C@H]2CCCO2)c1OC. The molecule has 1 aromatic heterocycles. The molecule has 1 atom stereocenters. The molecule has 1 aromatic carbocycles. The molecule has 2 aromatic rings. The van der Waals surface area contributed by atoms with E-state index in [9.17, 15) is 9.59 Å². The number of carbonyl (C=O) groups excluding carboxylic acids is 2. The normalized spacial score (nSPS) is 18.3. The molecule has 154 valence electrons. The molecule has 29 heavy (non-hydrogen) atoms. The Labute approximate surface area is 173 Å². The third-order valence-electron chi connectivity index (χ3n) is 5.30. The van der Waals surface area contributed by atoms with Gasteiger partial charge >= 0.3 is 0 Å². The van der Waals surface area contributed by atoms with E-state index in [1.165, 1.54) is 24.7 Å². The van der Waals surface area contributed by atoms with E-state index >= 15 is 0 Å². The first-order chi connectivity index (χ1) is 14.1. The maximum Gasteiger partial charge on any atom is 0.254 e. The average molecular weight is 416 g/mol. The summed E-state index contributed by atoms with van der Waals surface area (Å²) in [4.78, 5) is 28.9. The van der Waals surface area contributed by atoms with Crippen molar-refractivity contribution < 1.29 is 23.8 Å². The van der Waals surface area contributed by atoms with Crippen LogP contribution in [-0.2, 0) is 22.5 Å². The van der Waals surface area contributed by atoms with Crippen LogP contribution in [0, 0.1) is 0 Å². The molecule has 2 aliphatic rings. The van der Waals surface area contributed by atoms with Crippen LogP contribution in [0.2, 0.25) is 0 Å². The monoisotopic (exact) mass is 416 g/mol. The summed E-state index contributed by atoms with van der Waals surface area (Å²) in [5.74, 6) is 0.437. The van der Waals surface area contributed by atoms with E-state index in [0.717, 1.165) is 12.8 Å². The van der Waals surface area contributed by atoms with Crippen LogP contribution in [0.4, 0.5) is 5.69 Å². The molecule has 2 amide bonds. The molecule has 7 nitrogen and oxygen atoms in total. The van der Waals surface area contributed by atoms with Gasteiger partial charge in [-0.1, -0.05) is 0 Å². The molecule has 3 heterocycles. The number of ether oxygens (including phenoxy) is 3. The van der Waals surface area contributed by atoms with Crippen LogP contribution < -0.4 is 14.8 Å². The smallest absolute Gasteiger partial charge is 0.254 e. The molecule has 0 radical (unpaired) electrons. The molecular formula is C21H24N2O5S. The van der Waals surface area contributed by atoms with Gasteiger partial charge in [0.1, 0.15) is 6.10 Å². The predicted octanol–water partition coefficient (Wildman–Crippen LogP) is 3.08. The number of hydrogen-bond acceptors (Lipinski definition) is 6. The van der Waals surface area contributed by atoms with Crippen molar-refractivity contribution in [2.24, 2.45) is 0 Å². The summed E-state index contributed by atoms with van der Waals surface area (Å²) < 4.78 is 16.3. The van der Waals surface area contributed by atoms with Gasteiger partial charge in [-0.2, -0.15) is 0 Å². The fourth-order valence-corrected chi connectivity index (χ4v) is 4.67. The molecule has 8 heteroatoms. The summed E-state index contributed by atoms with van der Waals surface area (Å²) in [6.07, 6.45) is 1.91. The van der Waals surface area contributed by atoms with E-state index in [4.69, 9.17) is 14.2 Å². The summed E-state index contributed by atoms with van der Waals surface area (Å²) in [7, 11) is 3.01. The number of carbonyl (C=O) groups is 2. The number of fused-ring (bicyclic) bond motifs is 1. The van der Waals surface area contributed by atoms with Crippen LogP contribution >= 0.6 is 11.3 Å². The second-order valence-corrected chi connectivity index (χ2v) is 8.10. The molecule has 1 fully saturated rings. The molecule has 1 saturated heterocycles. The van der Waals surface area contributed by atoms with Crippen LogP contribution in [-0.4, -0.2) is 50.2 Å². The quantitative estimate of drug-likeness (QED) is 0.811. The summed E-state index contributed by atoms with van der Waals surface area (Å²) in [6.45, 7) is 1.83. The zero-order valence-corrected chi connectivity index (χ0v) is 17.3. The van der Waals surface area contributed by atoms with E-state index in [1.807, 2.05) is 4.90 Å². The van der Waals surface area contributed by atoms with Gasteiger partial charge in [-0.15, -0.1) is 11.3 Å². The van der Waals surface area contributed by atoms with Crippen LogP contribution in [0.15, 0.2) is 23.6 Å². The predicted molar refractivity (Wildman–Crippen MR) is 110 cm³/mol. The van der Waals surface area contributed by atoms with E-state index in [2.05, 4.69) is 16.8 Å². The molecule has 2 aliphatic heterocycles. The lowest BCUT2D eigenvalue weighted by Gasteiger charge is -2.27. The van der Waals surface area contributed by atoms with Crippen molar-refractivity contribution in [3.63, 3.8) is 0 Å². The molecule has 0 aliphatic carbocycles. The van der Waals surface area contributed by atoms with Crippen molar-refractivity contribution in [3.05, 3.63) is 39.6 Å². The number of rotatable bonds is 5. The van der Waals surface area contributed by atoms with Gasteiger partial charge in [-0.25, -0.2) is 0 Å². The third kappa shape index (κ3) is 3.95. The highest BCUT2D eigenvalue weighted by atomic mass is 32.1. The number of hydrogen-bond donors (Lipinski definition) is 1. The minimum Gasteiger partial charge on any atom is -0.493 e. The van der Waals surface area contributed by atoms with E-state index in [1.54, 1.807) is 23.5 Å². The highest BCUT2D eigenvalue weighted by Gasteiger charge is 2.28. The fourth-order valence-electron chi connectivity index (χ4n) is 3.78. The van der Waals surface area contributed by atoms with Gasteiger partial charge in [0.2, 0.25) is 0 Å². The Morgan fingerprint density at radius 2 is 2.14 bits per heavy atom. The van der Waals surface area contributed by atoms with Crippen LogP contribution in [0.3, 0.4) is 0 Å². The number of nitrogens with one attached hydrogen (secondary N) is 1. The average Bonchev–Trinajstić information content (AvgIpc) is 3.43. The zero-order chi connectivity index (χ0) is 20.4. The van der Waals surface area contributed by atoms with Crippen molar-refractivity contribution in [1.29, 1.82) is 0 Å². The Balaban J connectivity index is 1.61. The first-order valence-corrected chi connectivity index (χ1v) is 10.5. The number of nitrogens with zero attached hydrogens (tertiary/aromatic N) is 1. The third-order valence-corrected chi connectivity index (χ3v) is 6.32. The van der Waals surface area contributed by atoms with Crippen LogP contribution in [0.1, 0.15) is 33.6 Å². The van der Waals surface area contributed by atoms with E-state index in [0.29, 0.717) is 48.9 Å². The highest BCUT2D eigenvalue weighted by Crippen LogP contribution is 2.38. The van der Waals surface area contributed by atoms with Gasteiger partial charge in [0.25, 0.3) is 11.8 Å². The molecule has 0 unspecified atom stereocenters. The van der Waals surface area contributed by atoms with Crippen molar-refractivity contribution >= 4 is 28.8 Å². The Hall–Kier alpha value is -2.58. The van der Waals surface area contributed by atoms with Gasteiger partial charge < -0.3 is 24.4 Å². The lowest BCUT2D eigenvalue weighted by Crippen LogP contribution is -2.35. The van der Waals surface area contributed by atoms with Gasteiger partial charge in [0.15, 0.2) is 11.5 Å². The van der Waals surface area contributed by atoms with Crippen molar-refractivity contribution in [2.75, 3.05) is 32.7 Å². The van der Waals surface area contributed by atoms with E-state index < -0.39 is 6.10 Å². The number of methoxy groups -OCH3 is 2. The number of thiophene rings is 1. The number of benzene rings is 1. The molecular weight excluding hydrogens is 392 g/mol. The molecule has 1 N–H and O–H groups in total. The number of anilines is 1. The van der Waals surface area contributed by atoms with Crippen LogP contribution in [0.5, 0.6) is 11.5 Å². The van der Waals surface area contributed by atoms with Gasteiger partial charge in [0.05, 0.1) is 19.9 Å². The maximum atomic E-state index is 13.2. The van der Waals surface area contributed by atoms with Crippen molar-refractivity contribution in [1.82, 2.24) is 4.90 Å². The zero-order valence-electron chi connectivity index (χ0n) is 16.5. The Bertz CT molecular complexity index is 920. The summed E-state index contributed by atoms with van der Waals surface area (Å²) in [5, 5.41) is 4.91. The standard InChI is InChI=1S/C21H24N2O5S/c1-26-17-11-14(21(25)23-7-5-18-13(12-23)6-9-29-18)10-15(19(17)27-2)22-20(24)16-4-3-8-28-16/h6,9-11,16H,3-5,7-8,12H2,1-2H3,(H,22,24)/t16-/m1/s1. The van der Waals surface area contributed by atoms with Crippen molar-refractivity contribution in [2.45, 2.75) is 31.9 Å². The molecule has 0 spiro atoms. The lowest BCUT2D eigenvalue weighted by molar-refractivity contribution is -0.124. The minimum absolute atomic E-state index is 0.101. The van der Waals surface area contributed by atoms with Crippen molar-refractivity contribution in [3.8, 4) is 11.5 Å². The summed E-state index contributed by atoms with van der Waals surface area (Å²) >= 11 is 1.73. The Kier molecular flexibility index (Phi) is 5.73. The lowest BCUT2D eigenvalue weighted by atomic mass is 10.1. The molecule has 0 bridgehead atoms. The second kappa shape index (κ2) is 8.42. The van der Waals surface area contributed by atoms with E-state index in [-0.39, 0.29) is 11.8 Å².